The lowest BCUT2D eigenvalue weighted by molar-refractivity contribution is -0.119. The first-order valence-corrected chi connectivity index (χ1v) is 5.84. The average Bonchev–Trinajstić information content (AvgIpc) is 2.31. The molecule has 1 aromatic heterocycles. The summed E-state index contributed by atoms with van der Waals surface area (Å²) in [7, 11) is 3.33. The molecular formula is C11H17N5OS. The van der Waals surface area contributed by atoms with Crippen LogP contribution in [0.25, 0.3) is 0 Å². The second kappa shape index (κ2) is 5.72. The van der Waals surface area contributed by atoms with Crippen LogP contribution in [0.1, 0.15) is 16.8 Å². The molecule has 0 bridgehead atoms. The fourth-order valence-electron chi connectivity index (χ4n) is 1.53. The molecule has 1 rings (SSSR count). The third-order valence-corrected chi connectivity index (χ3v) is 2.91. The molecule has 0 aromatic carbocycles. The number of nitrogens with zero attached hydrogens (tertiary/aromatic N) is 3. The number of nitrogens with one attached hydrogen (secondary N) is 1. The van der Waals surface area contributed by atoms with E-state index in [9.17, 15) is 4.79 Å². The highest BCUT2D eigenvalue weighted by molar-refractivity contribution is 7.80. The zero-order valence-electron chi connectivity index (χ0n) is 10.9. The lowest BCUT2D eigenvalue weighted by Crippen LogP contribution is -2.35. The Hall–Kier alpha value is -1.76. The first-order valence-electron chi connectivity index (χ1n) is 5.43. The predicted molar refractivity (Wildman–Crippen MR) is 74.7 cm³/mol. The van der Waals surface area contributed by atoms with Crippen molar-refractivity contribution in [3.05, 3.63) is 16.8 Å². The highest BCUT2D eigenvalue weighted by atomic mass is 32.1. The summed E-state index contributed by atoms with van der Waals surface area (Å²) in [5.74, 6) is 0.403. The number of aromatic nitrogens is 2. The molecule has 7 heteroatoms. The van der Waals surface area contributed by atoms with Crippen LogP contribution in [0.2, 0.25) is 0 Å². The van der Waals surface area contributed by atoms with E-state index in [-0.39, 0.29) is 17.4 Å². The van der Waals surface area contributed by atoms with Gasteiger partial charge in [0.25, 0.3) is 0 Å². The number of amides is 1. The summed E-state index contributed by atoms with van der Waals surface area (Å²) in [5.41, 5.74) is 8.05. The van der Waals surface area contributed by atoms with Gasteiger partial charge in [0.1, 0.15) is 4.99 Å². The van der Waals surface area contributed by atoms with E-state index in [4.69, 9.17) is 18.0 Å². The number of anilines is 1. The Kier molecular flexibility index (Phi) is 4.55. The minimum absolute atomic E-state index is 0.119. The molecule has 1 aromatic rings. The molecule has 0 aliphatic heterocycles. The Morgan fingerprint density at radius 3 is 2.56 bits per heavy atom. The van der Waals surface area contributed by atoms with Gasteiger partial charge in [0, 0.05) is 14.1 Å². The molecule has 0 aliphatic carbocycles. The van der Waals surface area contributed by atoms with Crippen LogP contribution in [0.15, 0.2) is 0 Å². The van der Waals surface area contributed by atoms with Gasteiger partial charge in [-0.3, -0.25) is 4.79 Å². The van der Waals surface area contributed by atoms with Gasteiger partial charge in [-0.15, -0.1) is 5.10 Å². The molecule has 0 aliphatic rings. The van der Waals surface area contributed by atoms with E-state index in [2.05, 4.69) is 15.5 Å². The van der Waals surface area contributed by atoms with Gasteiger partial charge in [-0.1, -0.05) is 12.2 Å². The van der Waals surface area contributed by atoms with E-state index < -0.39 is 0 Å². The van der Waals surface area contributed by atoms with Crippen LogP contribution in [0, 0.1) is 13.8 Å². The summed E-state index contributed by atoms with van der Waals surface area (Å²) in [6.45, 7) is 3.89. The molecule has 0 saturated heterocycles. The van der Waals surface area contributed by atoms with E-state index in [1.165, 1.54) is 0 Å². The van der Waals surface area contributed by atoms with Gasteiger partial charge in [0.05, 0.1) is 17.8 Å². The molecule has 0 fully saturated rings. The van der Waals surface area contributed by atoms with Gasteiger partial charge < -0.3 is 16.0 Å². The molecule has 0 spiro atoms. The first kappa shape index (κ1) is 14.3. The van der Waals surface area contributed by atoms with Crippen molar-refractivity contribution in [1.29, 1.82) is 0 Å². The summed E-state index contributed by atoms with van der Waals surface area (Å²) in [6.07, 6.45) is 0. The topological polar surface area (TPSA) is 84.1 Å². The van der Waals surface area contributed by atoms with E-state index in [0.717, 1.165) is 11.3 Å². The molecule has 1 amide bonds. The van der Waals surface area contributed by atoms with Crippen LogP contribution >= 0.6 is 12.2 Å². The molecule has 0 unspecified atom stereocenters. The number of thiocarbonyl (C=S) groups is 1. The van der Waals surface area contributed by atoms with E-state index in [1.54, 1.807) is 19.0 Å². The van der Waals surface area contributed by atoms with Crippen molar-refractivity contribution < 1.29 is 4.79 Å². The van der Waals surface area contributed by atoms with Crippen molar-refractivity contribution >= 4 is 28.9 Å². The van der Waals surface area contributed by atoms with Crippen LogP contribution in [-0.2, 0) is 4.79 Å². The number of aryl methyl sites for hydroxylation is 1. The fourth-order valence-corrected chi connectivity index (χ4v) is 1.77. The number of hydrogen-bond donors (Lipinski definition) is 2. The maximum Gasteiger partial charge on any atom is 0.239 e. The molecule has 1 heterocycles. The monoisotopic (exact) mass is 267 g/mol. The number of carbonyl (C=O) groups is 1. The standard InChI is InChI=1S/C11H17N5OS/c1-6-7(2)14-15-11(9(6)10(12)18)16(4)5-8(17)13-3/h5H2,1-4H3,(H2,12,18)(H,13,17). The van der Waals surface area contributed by atoms with E-state index in [1.807, 2.05) is 13.8 Å². The number of hydrogen-bond acceptors (Lipinski definition) is 5. The average molecular weight is 267 g/mol. The van der Waals surface area contributed by atoms with Crippen molar-refractivity contribution in [3.63, 3.8) is 0 Å². The van der Waals surface area contributed by atoms with E-state index in [0.29, 0.717) is 11.4 Å². The number of carbonyl (C=O) groups excluding carboxylic acids is 1. The fraction of sp³-hybridized carbons (Fsp3) is 0.455. The second-order valence-electron chi connectivity index (χ2n) is 4.00. The number of nitrogens with two attached hydrogens (primary N) is 1. The third kappa shape index (κ3) is 2.92. The SMILES string of the molecule is CNC(=O)CN(C)c1nnc(C)c(C)c1C(N)=S. The molecule has 0 atom stereocenters. The van der Waals surface area contributed by atoms with Crippen LogP contribution < -0.4 is 16.0 Å². The highest BCUT2D eigenvalue weighted by Gasteiger charge is 2.18. The lowest BCUT2D eigenvalue weighted by Gasteiger charge is -2.21. The Bertz CT molecular complexity index is 489. The van der Waals surface area contributed by atoms with Crippen molar-refractivity contribution in [2.75, 3.05) is 25.5 Å². The Labute approximate surface area is 112 Å². The molecule has 98 valence electrons. The van der Waals surface area contributed by atoms with Gasteiger partial charge in [-0.05, 0) is 19.4 Å². The first-order chi connectivity index (χ1) is 8.38. The summed E-state index contributed by atoms with van der Waals surface area (Å²) in [6, 6.07) is 0. The third-order valence-electron chi connectivity index (χ3n) is 2.70. The van der Waals surface area contributed by atoms with Crippen LogP contribution in [0.3, 0.4) is 0 Å². The van der Waals surface area contributed by atoms with Gasteiger partial charge >= 0.3 is 0 Å². The summed E-state index contributed by atoms with van der Waals surface area (Å²) in [5, 5.41) is 10.7. The zero-order valence-corrected chi connectivity index (χ0v) is 11.8. The Morgan fingerprint density at radius 1 is 1.44 bits per heavy atom. The van der Waals surface area contributed by atoms with Crippen LogP contribution in [0.5, 0.6) is 0 Å². The largest absolute Gasteiger partial charge is 0.389 e. The maximum absolute atomic E-state index is 11.4. The van der Waals surface area contributed by atoms with Gasteiger partial charge in [-0.2, -0.15) is 5.10 Å². The summed E-state index contributed by atoms with van der Waals surface area (Å²) < 4.78 is 0. The quantitative estimate of drug-likeness (QED) is 0.742. The summed E-state index contributed by atoms with van der Waals surface area (Å²) in [4.78, 5) is 13.3. The number of likely N-dealkylation sites (N-methyl/N-ethyl adjacent to an activating group) is 2. The maximum atomic E-state index is 11.4. The zero-order chi connectivity index (χ0) is 13.9. The van der Waals surface area contributed by atoms with Gasteiger partial charge in [0.15, 0.2) is 5.82 Å². The minimum atomic E-state index is -0.119. The van der Waals surface area contributed by atoms with Gasteiger partial charge in [0.2, 0.25) is 5.91 Å². The second-order valence-corrected chi connectivity index (χ2v) is 4.44. The smallest absolute Gasteiger partial charge is 0.239 e. The minimum Gasteiger partial charge on any atom is -0.389 e. The van der Waals surface area contributed by atoms with Gasteiger partial charge in [-0.25, -0.2) is 0 Å². The normalized spacial score (nSPS) is 10.0. The highest BCUT2D eigenvalue weighted by Crippen LogP contribution is 2.20. The molecule has 3 N–H and O–H groups in total. The lowest BCUT2D eigenvalue weighted by atomic mass is 10.1. The van der Waals surface area contributed by atoms with Crippen molar-refractivity contribution in [3.8, 4) is 0 Å². The van der Waals surface area contributed by atoms with E-state index >= 15 is 0 Å². The van der Waals surface area contributed by atoms with Crippen LogP contribution in [0.4, 0.5) is 5.82 Å². The number of rotatable bonds is 4. The van der Waals surface area contributed by atoms with Crippen LogP contribution in [-0.4, -0.2) is 41.7 Å². The Morgan fingerprint density at radius 2 is 2.06 bits per heavy atom. The molecular weight excluding hydrogens is 250 g/mol. The van der Waals surface area contributed by atoms with Crippen molar-refractivity contribution in [2.45, 2.75) is 13.8 Å². The Balaban J connectivity index is 3.20. The predicted octanol–water partition coefficient (Wildman–Crippen LogP) is -0.0902. The molecule has 0 radical (unpaired) electrons. The summed E-state index contributed by atoms with van der Waals surface area (Å²) >= 11 is 5.04. The molecule has 0 saturated carbocycles. The molecule has 18 heavy (non-hydrogen) atoms. The van der Waals surface area contributed by atoms with Crippen molar-refractivity contribution in [1.82, 2.24) is 15.5 Å². The van der Waals surface area contributed by atoms with Crippen molar-refractivity contribution in [2.24, 2.45) is 5.73 Å². The molecule has 6 nitrogen and oxygen atoms in total.